The molecular weight excluding hydrogens is 486 g/mol. The lowest BCUT2D eigenvalue weighted by Crippen LogP contribution is -2.65. The van der Waals surface area contributed by atoms with Crippen molar-refractivity contribution in [2.45, 2.75) is 61.4 Å². The number of carbonyl (C=O) groups excluding carboxylic acids is 1. The molecule has 0 unspecified atom stereocenters. The van der Waals surface area contributed by atoms with E-state index in [-0.39, 0.29) is 12.2 Å². The minimum absolute atomic E-state index is 0.0566. The summed E-state index contributed by atoms with van der Waals surface area (Å²) in [6.07, 6.45) is -11.1. The van der Waals surface area contributed by atoms with Crippen molar-refractivity contribution >= 4 is 5.91 Å². The summed E-state index contributed by atoms with van der Waals surface area (Å²) in [6, 6.07) is 5.87. The van der Waals surface area contributed by atoms with Gasteiger partial charge in [0.25, 0.3) is 5.91 Å². The van der Waals surface area contributed by atoms with Crippen LogP contribution in [0.5, 0.6) is 5.75 Å². The fourth-order valence-corrected chi connectivity index (χ4v) is 3.65. The van der Waals surface area contributed by atoms with Crippen LogP contribution < -0.4 is 10.2 Å². The number of nitrogens with one attached hydrogen (secondary N) is 1. The van der Waals surface area contributed by atoms with Crippen molar-refractivity contribution in [1.82, 2.24) is 5.48 Å². The lowest BCUT2D eigenvalue weighted by atomic mass is 9.97. The molecule has 0 aromatic heterocycles. The van der Waals surface area contributed by atoms with Gasteiger partial charge in [-0.25, -0.2) is 10.3 Å². The SMILES string of the molecule is C#CCOc1ccc(C(=O)NO[C@@H]2O[C@H](CO)[C@@H](O[C@@H]3O[C@H](CO)[C@H](O)[C@H](O)[C@H]3O)[C@H](O)[C@H]2O)cc1. The molecule has 0 radical (unpaired) electrons. The minimum Gasteiger partial charge on any atom is -0.481 e. The smallest absolute Gasteiger partial charge is 0.274 e. The van der Waals surface area contributed by atoms with Crippen LogP contribution in [-0.4, -0.2) is 123 Å². The van der Waals surface area contributed by atoms with Crippen LogP contribution in [0.15, 0.2) is 24.3 Å². The molecule has 36 heavy (non-hydrogen) atoms. The minimum atomic E-state index is -1.80. The Morgan fingerprint density at radius 1 is 0.889 bits per heavy atom. The van der Waals surface area contributed by atoms with Crippen molar-refractivity contribution in [3.8, 4) is 18.1 Å². The molecule has 0 aliphatic carbocycles. The summed E-state index contributed by atoms with van der Waals surface area (Å²) < 4.78 is 21.3. The molecule has 14 heteroatoms. The Morgan fingerprint density at radius 2 is 1.50 bits per heavy atom. The van der Waals surface area contributed by atoms with Gasteiger partial charge >= 0.3 is 0 Å². The van der Waals surface area contributed by atoms with Crippen LogP contribution in [0.2, 0.25) is 0 Å². The summed E-state index contributed by atoms with van der Waals surface area (Å²) >= 11 is 0. The van der Waals surface area contributed by atoms with Crippen LogP contribution in [0.4, 0.5) is 0 Å². The largest absolute Gasteiger partial charge is 0.481 e. The maximum Gasteiger partial charge on any atom is 0.274 e. The predicted octanol–water partition coefficient (Wildman–Crippen LogP) is -4.02. The highest BCUT2D eigenvalue weighted by molar-refractivity contribution is 5.93. The quantitative estimate of drug-likeness (QED) is 0.116. The maximum atomic E-state index is 12.3. The first kappa shape index (κ1) is 28.2. The number of hydroxylamine groups is 1. The molecule has 1 aromatic carbocycles. The summed E-state index contributed by atoms with van der Waals surface area (Å²) in [7, 11) is 0. The number of terminal acetylenes is 1. The van der Waals surface area contributed by atoms with Crippen LogP contribution in [0, 0.1) is 12.3 Å². The molecule has 2 saturated heterocycles. The molecule has 2 aliphatic heterocycles. The van der Waals surface area contributed by atoms with Gasteiger partial charge in [-0.3, -0.25) is 4.79 Å². The molecule has 1 amide bonds. The standard InChI is InChI=1S/C22H29NO13/c1-2-7-32-11-5-3-10(4-6-11)20(31)23-36-22-18(30)16(28)19(13(9-25)34-22)35-21-17(29)15(27)14(26)12(8-24)33-21/h1,3-6,12-19,21-22,24-30H,7-9H2,(H,23,31)/t12-,13-,14+,15+,16-,17-,18-,19-,21+,22+/m1/s1. The van der Waals surface area contributed by atoms with E-state index in [1.165, 1.54) is 24.3 Å². The molecule has 1 aromatic rings. The third-order valence-corrected chi connectivity index (χ3v) is 5.67. The van der Waals surface area contributed by atoms with Gasteiger partial charge in [-0.15, -0.1) is 6.42 Å². The van der Waals surface area contributed by atoms with Crippen molar-refractivity contribution < 1.29 is 64.3 Å². The van der Waals surface area contributed by atoms with Gasteiger partial charge in [0.1, 0.15) is 61.2 Å². The Morgan fingerprint density at radius 3 is 2.11 bits per heavy atom. The maximum absolute atomic E-state index is 12.3. The van der Waals surface area contributed by atoms with E-state index in [0.717, 1.165) is 0 Å². The fraction of sp³-hybridized carbons (Fsp3) is 0.591. The summed E-state index contributed by atoms with van der Waals surface area (Å²) in [5, 5.41) is 69.9. The van der Waals surface area contributed by atoms with E-state index < -0.39 is 80.5 Å². The zero-order valence-corrected chi connectivity index (χ0v) is 18.9. The van der Waals surface area contributed by atoms with Crippen molar-refractivity contribution in [2.24, 2.45) is 0 Å². The second-order valence-electron chi connectivity index (χ2n) is 8.07. The number of aliphatic hydroxyl groups excluding tert-OH is 7. The second kappa shape index (κ2) is 12.7. The second-order valence-corrected chi connectivity index (χ2v) is 8.07. The number of hydrogen-bond donors (Lipinski definition) is 8. The summed E-state index contributed by atoms with van der Waals surface area (Å²) in [5.41, 5.74) is 2.23. The summed E-state index contributed by atoms with van der Waals surface area (Å²) in [6.45, 7) is -1.41. The first-order chi connectivity index (χ1) is 17.2. The van der Waals surface area contributed by atoms with Gasteiger partial charge in [0, 0.05) is 5.56 Å². The Hall–Kier alpha value is -2.39. The highest BCUT2D eigenvalue weighted by Crippen LogP contribution is 2.29. The zero-order chi connectivity index (χ0) is 26.4. The third-order valence-electron chi connectivity index (χ3n) is 5.67. The van der Waals surface area contributed by atoms with E-state index >= 15 is 0 Å². The monoisotopic (exact) mass is 515 g/mol. The summed E-state index contributed by atoms with van der Waals surface area (Å²) in [4.78, 5) is 17.4. The summed E-state index contributed by atoms with van der Waals surface area (Å²) in [5.74, 6) is 2.03. The van der Waals surface area contributed by atoms with Crippen LogP contribution in [0.3, 0.4) is 0 Å². The number of rotatable bonds is 9. The first-order valence-electron chi connectivity index (χ1n) is 10.9. The molecule has 0 bridgehead atoms. The highest BCUT2D eigenvalue weighted by Gasteiger charge is 2.51. The number of aliphatic hydroxyl groups is 7. The molecule has 8 N–H and O–H groups in total. The van der Waals surface area contributed by atoms with Crippen molar-refractivity contribution in [3.05, 3.63) is 29.8 Å². The van der Waals surface area contributed by atoms with E-state index in [1.54, 1.807) is 0 Å². The lowest BCUT2D eigenvalue weighted by Gasteiger charge is -2.45. The molecule has 14 nitrogen and oxygen atoms in total. The van der Waals surface area contributed by atoms with Crippen LogP contribution in [0.25, 0.3) is 0 Å². The van der Waals surface area contributed by atoms with E-state index in [4.69, 9.17) is 30.2 Å². The molecule has 10 atom stereocenters. The van der Waals surface area contributed by atoms with Gasteiger partial charge < -0.3 is 54.7 Å². The number of ether oxygens (including phenoxy) is 4. The molecule has 2 aliphatic rings. The van der Waals surface area contributed by atoms with Gasteiger partial charge in [0.05, 0.1) is 13.2 Å². The predicted molar refractivity (Wildman–Crippen MR) is 116 cm³/mol. The Bertz CT molecular complexity index is 889. The van der Waals surface area contributed by atoms with Crippen LogP contribution >= 0.6 is 0 Å². The molecule has 3 rings (SSSR count). The average Bonchev–Trinajstić information content (AvgIpc) is 2.89. The van der Waals surface area contributed by atoms with E-state index in [2.05, 4.69) is 11.4 Å². The number of amides is 1. The van der Waals surface area contributed by atoms with Gasteiger partial charge in [-0.1, -0.05) is 5.92 Å². The molecular formula is C22H29NO13. The van der Waals surface area contributed by atoms with E-state index in [9.17, 15) is 40.5 Å². The van der Waals surface area contributed by atoms with Gasteiger partial charge in [0.15, 0.2) is 6.29 Å². The lowest BCUT2D eigenvalue weighted by molar-refractivity contribution is -0.362. The third kappa shape index (κ3) is 6.29. The fourth-order valence-electron chi connectivity index (χ4n) is 3.65. The number of carbonyl (C=O) groups is 1. The van der Waals surface area contributed by atoms with Gasteiger partial charge in [-0.05, 0) is 24.3 Å². The Labute approximate surface area is 205 Å². The number of hydrogen-bond acceptors (Lipinski definition) is 13. The first-order valence-corrected chi connectivity index (χ1v) is 10.9. The molecule has 2 heterocycles. The van der Waals surface area contributed by atoms with Gasteiger partial charge in [-0.2, -0.15) is 0 Å². The van der Waals surface area contributed by atoms with Crippen molar-refractivity contribution in [3.63, 3.8) is 0 Å². The molecule has 2 fully saturated rings. The Balaban J connectivity index is 1.60. The van der Waals surface area contributed by atoms with Crippen LogP contribution in [0.1, 0.15) is 10.4 Å². The van der Waals surface area contributed by atoms with E-state index in [0.29, 0.717) is 5.75 Å². The Kier molecular flexibility index (Phi) is 9.96. The highest BCUT2D eigenvalue weighted by atomic mass is 16.8. The van der Waals surface area contributed by atoms with Crippen molar-refractivity contribution in [1.29, 1.82) is 0 Å². The van der Waals surface area contributed by atoms with Crippen molar-refractivity contribution in [2.75, 3.05) is 19.8 Å². The van der Waals surface area contributed by atoms with Crippen LogP contribution in [-0.2, 0) is 19.0 Å². The van der Waals surface area contributed by atoms with E-state index in [1.807, 2.05) is 0 Å². The zero-order valence-electron chi connectivity index (χ0n) is 18.9. The molecule has 0 spiro atoms. The average molecular weight is 515 g/mol. The number of benzene rings is 1. The normalized spacial score (nSPS) is 36.6. The molecule has 0 saturated carbocycles. The van der Waals surface area contributed by atoms with Gasteiger partial charge in [0.2, 0.25) is 6.29 Å². The molecule has 200 valence electrons. The topological polar surface area (TPSA) is 217 Å².